The van der Waals surface area contributed by atoms with Crippen LogP contribution in [0.4, 0.5) is 4.79 Å². The van der Waals surface area contributed by atoms with E-state index in [4.69, 9.17) is 0 Å². The van der Waals surface area contributed by atoms with E-state index in [0.717, 1.165) is 11.3 Å². The molecule has 20 heavy (non-hydrogen) atoms. The van der Waals surface area contributed by atoms with Crippen molar-refractivity contribution in [1.29, 1.82) is 0 Å². The van der Waals surface area contributed by atoms with Crippen LogP contribution in [0.2, 0.25) is 0 Å². The van der Waals surface area contributed by atoms with Gasteiger partial charge in [0, 0.05) is 12.6 Å². The molecule has 1 saturated heterocycles. The maximum absolute atomic E-state index is 12.0. The fraction of sp³-hybridized carbons (Fsp3) is 0.385. The third-order valence-electron chi connectivity index (χ3n) is 2.95. The molecule has 0 spiro atoms. The average molecular weight is 276 g/mol. The van der Waals surface area contributed by atoms with Gasteiger partial charge in [-0.25, -0.2) is 4.79 Å². The molecule has 2 rings (SSSR count). The number of pyridine rings is 1. The van der Waals surface area contributed by atoms with E-state index in [1.807, 2.05) is 19.1 Å². The van der Waals surface area contributed by atoms with Crippen molar-refractivity contribution in [3.8, 4) is 0 Å². The number of rotatable bonds is 3. The van der Waals surface area contributed by atoms with E-state index < -0.39 is 12.1 Å². The van der Waals surface area contributed by atoms with Gasteiger partial charge in [0.15, 0.2) is 0 Å². The summed E-state index contributed by atoms with van der Waals surface area (Å²) in [4.78, 5) is 38.6. The quantitative estimate of drug-likeness (QED) is 0.723. The lowest BCUT2D eigenvalue weighted by molar-refractivity contribution is -0.123. The van der Waals surface area contributed by atoms with Crippen LogP contribution in [-0.2, 0) is 16.1 Å². The Morgan fingerprint density at radius 1 is 1.50 bits per heavy atom. The first-order valence-corrected chi connectivity index (χ1v) is 6.34. The zero-order valence-corrected chi connectivity index (χ0v) is 11.1. The lowest BCUT2D eigenvalue weighted by atomic mass is 10.1. The molecule has 1 aromatic rings. The molecule has 1 aliphatic rings. The summed E-state index contributed by atoms with van der Waals surface area (Å²) in [7, 11) is 0. The molecule has 3 N–H and O–H groups in total. The number of hydrogen-bond acceptors (Lipinski definition) is 4. The second kappa shape index (κ2) is 6.14. The zero-order valence-electron chi connectivity index (χ0n) is 11.1. The molecular formula is C13H16N4O3. The van der Waals surface area contributed by atoms with E-state index in [1.165, 1.54) is 0 Å². The van der Waals surface area contributed by atoms with Crippen molar-refractivity contribution in [3.05, 3.63) is 29.6 Å². The minimum atomic E-state index is -0.703. The summed E-state index contributed by atoms with van der Waals surface area (Å²) in [6.45, 7) is 2.23. The Bertz CT molecular complexity index is 544. The zero-order chi connectivity index (χ0) is 14.5. The lowest BCUT2D eigenvalue weighted by Gasteiger charge is -2.14. The van der Waals surface area contributed by atoms with Crippen LogP contribution in [-0.4, -0.2) is 28.9 Å². The standard InChI is InChI=1S/C13H16N4O3/c1-8-4-5-14-9(6-8)7-15-12(19)10-2-3-11(18)17-13(20)16-10/h4-6,10H,2-3,7H2,1H3,(H,15,19)(H2,16,17,18,20). The number of urea groups is 1. The second-order valence-electron chi connectivity index (χ2n) is 4.66. The second-order valence-corrected chi connectivity index (χ2v) is 4.66. The van der Waals surface area contributed by atoms with Gasteiger partial charge in [-0.1, -0.05) is 0 Å². The molecule has 2 heterocycles. The molecule has 0 bridgehead atoms. The van der Waals surface area contributed by atoms with Gasteiger partial charge in [0.25, 0.3) is 0 Å². The van der Waals surface area contributed by atoms with E-state index >= 15 is 0 Å². The van der Waals surface area contributed by atoms with Gasteiger partial charge in [-0.2, -0.15) is 0 Å². The number of aryl methyl sites for hydroxylation is 1. The lowest BCUT2D eigenvalue weighted by Crippen LogP contribution is -2.48. The monoisotopic (exact) mass is 276 g/mol. The highest BCUT2D eigenvalue weighted by atomic mass is 16.2. The molecule has 1 aromatic heterocycles. The average Bonchev–Trinajstić information content (AvgIpc) is 2.57. The summed E-state index contributed by atoms with van der Waals surface area (Å²) in [5, 5.41) is 7.28. The van der Waals surface area contributed by atoms with Gasteiger partial charge < -0.3 is 10.6 Å². The van der Waals surface area contributed by atoms with E-state index in [1.54, 1.807) is 6.20 Å². The van der Waals surface area contributed by atoms with Crippen LogP contribution in [0.5, 0.6) is 0 Å². The fourth-order valence-corrected chi connectivity index (χ4v) is 1.92. The van der Waals surface area contributed by atoms with Crippen LogP contribution in [0.15, 0.2) is 18.3 Å². The van der Waals surface area contributed by atoms with Crippen molar-refractivity contribution in [2.24, 2.45) is 0 Å². The minimum absolute atomic E-state index is 0.138. The Labute approximate surface area is 116 Å². The molecule has 0 saturated carbocycles. The van der Waals surface area contributed by atoms with Crippen molar-refractivity contribution in [3.63, 3.8) is 0 Å². The molecule has 4 amide bonds. The summed E-state index contributed by atoms with van der Waals surface area (Å²) in [6, 6.07) is 2.40. The molecule has 7 nitrogen and oxygen atoms in total. The first-order valence-electron chi connectivity index (χ1n) is 6.34. The molecule has 0 radical (unpaired) electrons. The van der Waals surface area contributed by atoms with Gasteiger partial charge in [-0.3, -0.25) is 19.9 Å². The van der Waals surface area contributed by atoms with Crippen molar-refractivity contribution >= 4 is 17.8 Å². The van der Waals surface area contributed by atoms with Gasteiger partial charge in [-0.15, -0.1) is 0 Å². The maximum Gasteiger partial charge on any atom is 0.322 e. The predicted octanol–water partition coefficient (Wildman–Crippen LogP) is -0.00558. The highest BCUT2D eigenvalue weighted by Crippen LogP contribution is 2.03. The summed E-state index contributed by atoms with van der Waals surface area (Å²) in [5.41, 5.74) is 1.80. The number of aromatic nitrogens is 1. The summed E-state index contributed by atoms with van der Waals surface area (Å²) in [6.07, 6.45) is 2.09. The number of amides is 4. The van der Waals surface area contributed by atoms with Gasteiger partial charge in [-0.05, 0) is 31.0 Å². The number of nitrogens with one attached hydrogen (secondary N) is 3. The van der Waals surface area contributed by atoms with Crippen LogP contribution in [0.1, 0.15) is 24.1 Å². The molecule has 1 atom stereocenters. The Morgan fingerprint density at radius 2 is 2.30 bits per heavy atom. The number of imide groups is 1. The van der Waals surface area contributed by atoms with Gasteiger partial charge in [0.2, 0.25) is 11.8 Å². The van der Waals surface area contributed by atoms with Crippen LogP contribution in [0, 0.1) is 6.92 Å². The molecule has 106 valence electrons. The Kier molecular flexibility index (Phi) is 4.29. The fourth-order valence-electron chi connectivity index (χ4n) is 1.92. The van der Waals surface area contributed by atoms with E-state index in [2.05, 4.69) is 20.9 Å². The smallest absolute Gasteiger partial charge is 0.322 e. The number of hydrogen-bond donors (Lipinski definition) is 3. The highest BCUT2D eigenvalue weighted by molar-refractivity contribution is 5.98. The van der Waals surface area contributed by atoms with Crippen LogP contribution in [0.3, 0.4) is 0 Å². The third kappa shape index (κ3) is 3.78. The van der Waals surface area contributed by atoms with Gasteiger partial charge in [0.1, 0.15) is 6.04 Å². The van der Waals surface area contributed by atoms with Gasteiger partial charge in [0.05, 0.1) is 12.2 Å². The van der Waals surface area contributed by atoms with Crippen molar-refractivity contribution in [2.45, 2.75) is 32.4 Å². The number of carbonyl (C=O) groups is 3. The van der Waals surface area contributed by atoms with E-state index in [-0.39, 0.29) is 31.2 Å². The van der Waals surface area contributed by atoms with Crippen LogP contribution in [0.25, 0.3) is 0 Å². The largest absolute Gasteiger partial charge is 0.349 e. The highest BCUT2D eigenvalue weighted by Gasteiger charge is 2.25. The molecule has 0 aliphatic carbocycles. The molecule has 0 aromatic carbocycles. The summed E-state index contributed by atoms with van der Waals surface area (Å²) < 4.78 is 0. The first-order chi connectivity index (χ1) is 9.54. The Morgan fingerprint density at radius 3 is 3.05 bits per heavy atom. The summed E-state index contributed by atoms with van der Waals surface area (Å²) >= 11 is 0. The van der Waals surface area contributed by atoms with Gasteiger partial charge >= 0.3 is 6.03 Å². The SMILES string of the molecule is Cc1ccnc(CNC(=O)C2CCC(=O)NC(=O)N2)c1. The molecule has 7 heteroatoms. The van der Waals surface area contributed by atoms with Crippen molar-refractivity contribution in [2.75, 3.05) is 0 Å². The van der Waals surface area contributed by atoms with Crippen LogP contribution < -0.4 is 16.0 Å². The van der Waals surface area contributed by atoms with Crippen LogP contribution >= 0.6 is 0 Å². The minimum Gasteiger partial charge on any atom is -0.349 e. The predicted molar refractivity (Wildman–Crippen MR) is 70.5 cm³/mol. The topological polar surface area (TPSA) is 100 Å². The molecule has 1 aliphatic heterocycles. The molecule has 1 unspecified atom stereocenters. The van der Waals surface area contributed by atoms with Crippen molar-refractivity contribution in [1.82, 2.24) is 20.9 Å². The molecule has 1 fully saturated rings. The van der Waals surface area contributed by atoms with E-state index in [9.17, 15) is 14.4 Å². The maximum atomic E-state index is 12.0. The Hall–Kier alpha value is -2.44. The Balaban J connectivity index is 1.91. The van der Waals surface area contributed by atoms with E-state index in [0.29, 0.717) is 0 Å². The third-order valence-corrected chi connectivity index (χ3v) is 2.95. The summed E-state index contributed by atoms with van der Waals surface area (Å²) in [5.74, 6) is -0.698. The molecular weight excluding hydrogens is 260 g/mol. The number of carbonyl (C=O) groups excluding carboxylic acids is 3. The first kappa shape index (κ1) is 14.0. The van der Waals surface area contributed by atoms with Crippen molar-refractivity contribution < 1.29 is 14.4 Å². The normalized spacial score (nSPS) is 18.8. The number of nitrogens with zero attached hydrogens (tertiary/aromatic N) is 1.